The van der Waals surface area contributed by atoms with Crippen LogP contribution < -0.4 is 5.32 Å². The van der Waals surface area contributed by atoms with Crippen LogP contribution in [0.25, 0.3) is 0 Å². The lowest BCUT2D eigenvalue weighted by molar-refractivity contribution is 0.166. The van der Waals surface area contributed by atoms with Crippen LogP contribution in [0.2, 0.25) is 0 Å². The first kappa shape index (κ1) is 14.3. The molecule has 0 unspecified atom stereocenters. The van der Waals surface area contributed by atoms with Gasteiger partial charge in [0.2, 0.25) is 0 Å². The highest BCUT2D eigenvalue weighted by atomic mass is 32.2. The minimum absolute atomic E-state index is 0.153. The first-order valence-electron chi connectivity index (χ1n) is 7.26. The van der Waals surface area contributed by atoms with E-state index in [4.69, 9.17) is 0 Å². The molecule has 1 atom stereocenters. The maximum Gasteiger partial charge on any atom is 0.328 e. The van der Waals surface area contributed by atoms with E-state index in [9.17, 15) is 9.59 Å². The maximum absolute atomic E-state index is 12.4. The number of carbonyl (C=O) groups excluding carboxylic acids is 2. The number of nitrogens with zero attached hydrogens (tertiary/aromatic N) is 2. The molecule has 3 rings (SSSR count). The third-order valence-electron chi connectivity index (χ3n) is 3.87. The average molecular weight is 305 g/mol. The molecule has 1 aromatic carbocycles. The topological polar surface area (TPSA) is 52.7 Å². The van der Waals surface area contributed by atoms with Crippen molar-refractivity contribution in [3.63, 3.8) is 0 Å². The molecule has 1 N–H and O–H groups in total. The Labute approximate surface area is 128 Å². The van der Waals surface area contributed by atoms with Crippen LogP contribution in [0.5, 0.6) is 0 Å². The highest BCUT2D eigenvalue weighted by Gasteiger charge is 2.31. The van der Waals surface area contributed by atoms with Gasteiger partial charge in [-0.1, -0.05) is 30.3 Å². The van der Waals surface area contributed by atoms with Gasteiger partial charge in [0.15, 0.2) is 0 Å². The molecule has 2 aliphatic rings. The molecule has 0 aromatic heterocycles. The SMILES string of the molecule is O=C1NCCN1C(=O)N1CCS[C@@H](c2ccccc2)CC1. The molecule has 4 amide bonds. The Kier molecular flexibility index (Phi) is 4.34. The van der Waals surface area contributed by atoms with Crippen molar-refractivity contribution in [2.45, 2.75) is 11.7 Å². The van der Waals surface area contributed by atoms with Gasteiger partial charge in [-0.25, -0.2) is 14.5 Å². The number of hydrogen-bond acceptors (Lipinski definition) is 3. The highest BCUT2D eigenvalue weighted by molar-refractivity contribution is 7.99. The number of thioether (sulfide) groups is 1. The quantitative estimate of drug-likeness (QED) is 0.866. The van der Waals surface area contributed by atoms with Gasteiger partial charge in [0.1, 0.15) is 0 Å². The van der Waals surface area contributed by atoms with E-state index in [1.807, 2.05) is 17.8 Å². The molecule has 2 aliphatic heterocycles. The molecule has 1 aromatic rings. The predicted octanol–water partition coefficient (Wildman–Crippen LogP) is 2.31. The molecule has 21 heavy (non-hydrogen) atoms. The Morgan fingerprint density at radius 1 is 1.19 bits per heavy atom. The summed E-state index contributed by atoms with van der Waals surface area (Å²) in [5.41, 5.74) is 1.32. The largest absolute Gasteiger partial charge is 0.336 e. The number of carbonyl (C=O) groups is 2. The van der Waals surface area contributed by atoms with Gasteiger partial charge in [-0.05, 0) is 12.0 Å². The zero-order valence-electron chi connectivity index (χ0n) is 11.8. The average Bonchev–Trinajstić information content (AvgIpc) is 2.80. The van der Waals surface area contributed by atoms with Crippen LogP contribution in [0, 0.1) is 0 Å². The van der Waals surface area contributed by atoms with Crippen molar-refractivity contribution in [3.05, 3.63) is 35.9 Å². The number of amides is 4. The minimum atomic E-state index is -0.267. The van der Waals surface area contributed by atoms with Gasteiger partial charge in [0.25, 0.3) is 0 Å². The summed E-state index contributed by atoms with van der Waals surface area (Å²) in [5, 5.41) is 3.10. The van der Waals surface area contributed by atoms with Gasteiger partial charge in [-0.3, -0.25) is 0 Å². The minimum Gasteiger partial charge on any atom is -0.336 e. The molecule has 0 spiro atoms. The summed E-state index contributed by atoms with van der Waals surface area (Å²) < 4.78 is 0. The lowest BCUT2D eigenvalue weighted by Crippen LogP contribution is -2.45. The number of benzene rings is 1. The van der Waals surface area contributed by atoms with Crippen molar-refractivity contribution in [2.75, 3.05) is 31.9 Å². The Morgan fingerprint density at radius 2 is 2.00 bits per heavy atom. The van der Waals surface area contributed by atoms with Gasteiger partial charge in [0, 0.05) is 37.2 Å². The van der Waals surface area contributed by atoms with Crippen LogP contribution in [-0.4, -0.2) is 53.8 Å². The molecule has 112 valence electrons. The molecule has 2 fully saturated rings. The number of rotatable bonds is 1. The van der Waals surface area contributed by atoms with Gasteiger partial charge in [0.05, 0.1) is 0 Å². The van der Waals surface area contributed by atoms with Crippen LogP contribution in [0.1, 0.15) is 17.2 Å². The summed E-state index contributed by atoms with van der Waals surface area (Å²) >= 11 is 1.89. The van der Waals surface area contributed by atoms with Gasteiger partial charge < -0.3 is 10.2 Å². The molecule has 5 nitrogen and oxygen atoms in total. The summed E-state index contributed by atoms with van der Waals surface area (Å²) in [6, 6.07) is 9.99. The standard InChI is InChI=1S/C15H19N3O2S/c19-14-16-7-9-18(14)15(20)17-8-6-13(21-11-10-17)12-4-2-1-3-5-12/h1-5,13H,6-11H2,(H,16,19)/t13-/m1/s1. The molecule has 0 saturated carbocycles. The van der Waals surface area contributed by atoms with E-state index in [-0.39, 0.29) is 12.1 Å². The van der Waals surface area contributed by atoms with E-state index < -0.39 is 0 Å². The number of urea groups is 2. The molecule has 6 heteroatoms. The van der Waals surface area contributed by atoms with E-state index in [2.05, 4.69) is 29.6 Å². The molecule has 2 saturated heterocycles. The molecular formula is C15H19N3O2S. The summed E-state index contributed by atoms with van der Waals surface area (Å²) in [4.78, 5) is 27.1. The van der Waals surface area contributed by atoms with E-state index >= 15 is 0 Å². The maximum atomic E-state index is 12.4. The first-order chi connectivity index (χ1) is 10.3. The zero-order valence-corrected chi connectivity index (χ0v) is 12.6. The second-order valence-corrected chi connectivity index (χ2v) is 6.52. The van der Waals surface area contributed by atoms with Crippen molar-refractivity contribution >= 4 is 23.8 Å². The van der Waals surface area contributed by atoms with Crippen LogP contribution in [0.15, 0.2) is 30.3 Å². The summed E-state index contributed by atoms with van der Waals surface area (Å²) in [7, 11) is 0. The van der Waals surface area contributed by atoms with Crippen molar-refractivity contribution in [2.24, 2.45) is 0 Å². The Morgan fingerprint density at radius 3 is 2.71 bits per heavy atom. The third kappa shape index (κ3) is 3.15. The Bertz CT molecular complexity index is 523. The molecule has 0 bridgehead atoms. The van der Waals surface area contributed by atoms with Gasteiger partial charge in [-0.15, -0.1) is 0 Å². The fraction of sp³-hybridized carbons (Fsp3) is 0.467. The molecule has 0 aliphatic carbocycles. The molecule has 0 radical (unpaired) electrons. The Balaban J connectivity index is 1.63. The lowest BCUT2D eigenvalue weighted by Gasteiger charge is -2.24. The van der Waals surface area contributed by atoms with Crippen LogP contribution in [0.3, 0.4) is 0 Å². The predicted molar refractivity (Wildman–Crippen MR) is 83.3 cm³/mol. The second-order valence-electron chi connectivity index (χ2n) is 5.21. The first-order valence-corrected chi connectivity index (χ1v) is 8.31. The smallest absolute Gasteiger partial charge is 0.328 e. The third-order valence-corrected chi connectivity index (χ3v) is 5.20. The Hall–Kier alpha value is -1.69. The summed E-state index contributed by atoms with van der Waals surface area (Å²) in [5.74, 6) is 0.904. The highest BCUT2D eigenvalue weighted by Crippen LogP contribution is 2.34. The van der Waals surface area contributed by atoms with Crippen molar-refractivity contribution in [1.29, 1.82) is 0 Å². The monoisotopic (exact) mass is 305 g/mol. The number of hydrogen-bond donors (Lipinski definition) is 1. The van der Waals surface area contributed by atoms with Crippen molar-refractivity contribution in [3.8, 4) is 0 Å². The number of imide groups is 1. The van der Waals surface area contributed by atoms with E-state index in [0.29, 0.717) is 31.4 Å². The molecular weight excluding hydrogens is 286 g/mol. The zero-order chi connectivity index (χ0) is 14.7. The van der Waals surface area contributed by atoms with Crippen LogP contribution in [0.4, 0.5) is 9.59 Å². The van der Waals surface area contributed by atoms with Gasteiger partial charge >= 0.3 is 12.1 Å². The van der Waals surface area contributed by atoms with E-state index in [0.717, 1.165) is 12.2 Å². The summed E-state index contributed by atoms with van der Waals surface area (Å²) in [6.07, 6.45) is 0.926. The van der Waals surface area contributed by atoms with Crippen LogP contribution in [-0.2, 0) is 0 Å². The van der Waals surface area contributed by atoms with E-state index in [1.165, 1.54) is 10.5 Å². The normalized spacial score (nSPS) is 22.9. The van der Waals surface area contributed by atoms with Crippen LogP contribution >= 0.6 is 11.8 Å². The second kappa shape index (κ2) is 6.39. The van der Waals surface area contributed by atoms with Gasteiger partial charge in [-0.2, -0.15) is 11.8 Å². The fourth-order valence-electron chi connectivity index (χ4n) is 2.72. The molecule has 2 heterocycles. The lowest BCUT2D eigenvalue weighted by atomic mass is 10.1. The fourth-order valence-corrected chi connectivity index (χ4v) is 3.95. The van der Waals surface area contributed by atoms with Crippen molar-refractivity contribution in [1.82, 2.24) is 15.1 Å². The van der Waals surface area contributed by atoms with Crippen molar-refractivity contribution < 1.29 is 9.59 Å². The van der Waals surface area contributed by atoms with E-state index in [1.54, 1.807) is 4.90 Å². The summed E-state index contributed by atoms with van der Waals surface area (Å²) in [6.45, 7) is 2.44. The number of nitrogens with one attached hydrogen (secondary N) is 1.